The molecule has 2 aromatic carbocycles. The van der Waals surface area contributed by atoms with E-state index in [9.17, 15) is 9.18 Å². The molecule has 1 amide bonds. The Balaban J connectivity index is 1.37. The van der Waals surface area contributed by atoms with Crippen molar-refractivity contribution in [3.05, 3.63) is 78.6 Å². The van der Waals surface area contributed by atoms with E-state index in [1.54, 1.807) is 30.9 Å². The maximum atomic E-state index is 14.6. The average Bonchev–Trinajstić information content (AvgIpc) is 3.55. The number of H-pyrrole nitrogens is 2. The summed E-state index contributed by atoms with van der Waals surface area (Å²) in [5.41, 5.74) is 7.65. The lowest BCUT2D eigenvalue weighted by molar-refractivity contribution is -0.116. The van der Waals surface area contributed by atoms with Crippen molar-refractivity contribution in [3.63, 3.8) is 0 Å². The summed E-state index contributed by atoms with van der Waals surface area (Å²) in [6.45, 7) is 4.63. The molecule has 0 atom stereocenters. The van der Waals surface area contributed by atoms with E-state index in [0.717, 1.165) is 38.7 Å². The van der Waals surface area contributed by atoms with Gasteiger partial charge in [-0.1, -0.05) is 19.9 Å². The van der Waals surface area contributed by atoms with Crippen LogP contribution < -0.4 is 5.32 Å². The van der Waals surface area contributed by atoms with Crippen molar-refractivity contribution in [1.29, 1.82) is 0 Å². The molecule has 6 rings (SSSR count). The van der Waals surface area contributed by atoms with Gasteiger partial charge < -0.3 is 15.2 Å². The van der Waals surface area contributed by atoms with Gasteiger partial charge in [0, 0.05) is 41.9 Å². The molecule has 10 heteroatoms. The number of carbonyl (C=O) groups excluding carboxylic acids is 1. The Labute approximate surface area is 242 Å². The average molecular weight is 563 g/mol. The number of halogens is 1. The maximum Gasteiger partial charge on any atom is 0.224 e. The Morgan fingerprint density at radius 1 is 0.952 bits per heavy atom. The first kappa shape index (κ1) is 27.2. The van der Waals surface area contributed by atoms with E-state index in [0.29, 0.717) is 41.3 Å². The number of hydrogen-bond acceptors (Lipinski definition) is 6. The van der Waals surface area contributed by atoms with Crippen LogP contribution in [0.3, 0.4) is 0 Å². The fourth-order valence-electron chi connectivity index (χ4n) is 5.14. The number of rotatable bonds is 8. The molecule has 0 saturated heterocycles. The van der Waals surface area contributed by atoms with E-state index in [2.05, 4.69) is 30.5 Å². The van der Waals surface area contributed by atoms with E-state index in [4.69, 9.17) is 4.98 Å². The minimum atomic E-state index is -0.305. The molecule has 4 heterocycles. The Bertz CT molecular complexity index is 1920. The number of fused-ring (bicyclic) bond motifs is 2. The highest BCUT2D eigenvalue weighted by Gasteiger charge is 2.17. The van der Waals surface area contributed by atoms with Gasteiger partial charge in [-0.2, -0.15) is 5.10 Å². The number of aromatic nitrogens is 6. The molecule has 0 spiro atoms. The van der Waals surface area contributed by atoms with Crippen molar-refractivity contribution >= 4 is 33.5 Å². The second-order valence-corrected chi connectivity index (χ2v) is 11.2. The van der Waals surface area contributed by atoms with Crippen molar-refractivity contribution in [2.75, 3.05) is 19.4 Å². The first-order valence-electron chi connectivity index (χ1n) is 13.8. The number of nitrogens with zero attached hydrogens (tertiary/aromatic N) is 5. The fourth-order valence-corrected chi connectivity index (χ4v) is 5.14. The van der Waals surface area contributed by atoms with Crippen molar-refractivity contribution < 1.29 is 9.18 Å². The summed E-state index contributed by atoms with van der Waals surface area (Å²) in [5, 5.41) is 11.5. The Hall–Kier alpha value is -4.96. The van der Waals surface area contributed by atoms with Gasteiger partial charge in [0.15, 0.2) is 5.82 Å². The number of benzene rings is 2. The number of amides is 1. The number of carbonyl (C=O) groups is 1. The normalized spacial score (nSPS) is 11.7. The standard InChI is InChI=1S/C32H31FN8O/c1-18(2)7-29(42)36-24-11-22(13-34-14-24)20-5-6-27-25(12-20)31(40-39-27)32-37-28-16-35-15-26(30(28)38-32)21-8-19(17-41(3)4)9-23(33)10-21/h5-6,8-16,18H,7,17H2,1-4H3,(H,36,42)(H,37,38)(H,39,40). The van der Waals surface area contributed by atoms with Crippen LogP contribution in [-0.4, -0.2) is 55.0 Å². The highest BCUT2D eigenvalue weighted by molar-refractivity contribution is 5.98. The minimum absolute atomic E-state index is 0.0394. The third kappa shape index (κ3) is 5.61. The molecule has 3 N–H and O–H groups in total. The van der Waals surface area contributed by atoms with Crippen LogP contribution in [0.15, 0.2) is 67.3 Å². The topological polar surface area (TPSA) is 115 Å². The third-order valence-corrected chi connectivity index (χ3v) is 6.90. The molecule has 212 valence electrons. The molecular weight excluding hydrogens is 531 g/mol. The summed E-state index contributed by atoms with van der Waals surface area (Å²) in [5.74, 6) is 0.492. The molecule has 0 aliphatic carbocycles. The Kier molecular flexibility index (Phi) is 7.22. The van der Waals surface area contributed by atoms with Crippen LogP contribution in [0.4, 0.5) is 10.1 Å². The van der Waals surface area contributed by atoms with Crippen LogP contribution in [0, 0.1) is 11.7 Å². The summed E-state index contributed by atoms with van der Waals surface area (Å²) in [7, 11) is 3.90. The lowest BCUT2D eigenvalue weighted by Crippen LogP contribution is -2.13. The predicted molar refractivity (Wildman–Crippen MR) is 163 cm³/mol. The summed E-state index contributed by atoms with van der Waals surface area (Å²) >= 11 is 0. The van der Waals surface area contributed by atoms with Crippen molar-refractivity contribution in [3.8, 4) is 33.8 Å². The molecule has 0 bridgehead atoms. The minimum Gasteiger partial charge on any atom is -0.335 e. The summed E-state index contributed by atoms with van der Waals surface area (Å²) in [6.07, 6.45) is 7.27. The van der Waals surface area contributed by atoms with Crippen LogP contribution in [-0.2, 0) is 11.3 Å². The van der Waals surface area contributed by atoms with Gasteiger partial charge in [0.2, 0.25) is 5.91 Å². The molecule has 0 saturated carbocycles. The lowest BCUT2D eigenvalue weighted by Gasteiger charge is -2.11. The number of anilines is 1. The van der Waals surface area contributed by atoms with E-state index in [1.807, 2.05) is 63.2 Å². The monoisotopic (exact) mass is 562 g/mol. The number of aromatic amines is 2. The van der Waals surface area contributed by atoms with Gasteiger partial charge in [-0.25, -0.2) is 9.37 Å². The maximum absolute atomic E-state index is 14.6. The molecule has 9 nitrogen and oxygen atoms in total. The quantitative estimate of drug-likeness (QED) is 0.197. The molecule has 0 aliphatic heterocycles. The fraction of sp³-hybridized carbons (Fsp3) is 0.219. The lowest BCUT2D eigenvalue weighted by atomic mass is 10.0. The molecule has 0 fully saturated rings. The van der Waals surface area contributed by atoms with Gasteiger partial charge >= 0.3 is 0 Å². The molecule has 0 radical (unpaired) electrons. The smallest absolute Gasteiger partial charge is 0.224 e. The van der Waals surface area contributed by atoms with Gasteiger partial charge in [0.25, 0.3) is 0 Å². The van der Waals surface area contributed by atoms with Crippen molar-refractivity contribution in [1.82, 2.24) is 35.0 Å². The largest absolute Gasteiger partial charge is 0.335 e. The summed E-state index contributed by atoms with van der Waals surface area (Å²) in [4.78, 5) is 31.3. The third-order valence-electron chi connectivity index (χ3n) is 6.90. The first-order chi connectivity index (χ1) is 20.2. The number of pyridine rings is 2. The van der Waals surface area contributed by atoms with E-state index in [-0.39, 0.29) is 17.6 Å². The van der Waals surface area contributed by atoms with Gasteiger partial charge in [-0.15, -0.1) is 0 Å². The van der Waals surface area contributed by atoms with Gasteiger partial charge in [0.05, 0.1) is 34.6 Å². The Morgan fingerprint density at radius 2 is 1.79 bits per heavy atom. The first-order valence-corrected chi connectivity index (χ1v) is 13.8. The molecular formula is C32H31FN8O. The van der Waals surface area contributed by atoms with Crippen molar-refractivity contribution in [2.45, 2.75) is 26.8 Å². The zero-order chi connectivity index (χ0) is 29.4. The second kappa shape index (κ2) is 11.1. The number of hydrogen-bond donors (Lipinski definition) is 3. The number of imidazole rings is 1. The van der Waals surface area contributed by atoms with Crippen LogP contribution in [0.1, 0.15) is 25.8 Å². The SMILES string of the molecule is CC(C)CC(=O)Nc1cncc(-c2ccc3[nH]nc(-c4nc5c(-c6cc(F)cc(CN(C)C)c6)cncc5[nH]4)c3c2)c1. The van der Waals surface area contributed by atoms with Gasteiger partial charge in [0.1, 0.15) is 11.5 Å². The predicted octanol–water partition coefficient (Wildman–Crippen LogP) is 6.42. The van der Waals surface area contributed by atoms with Gasteiger partial charge in [-0.3, -0.25) is 19.9 Å². The van der Waals surface area contributed by atoms with Crippen molar-refractivity contribution in [2.24, 2.45) is 5.92 Å². The van der Waals surface area contributed by atoms with E-state index >= 15 is 0 Å². The second-order valence-electron chi connectivity index (χ2n) is 11.2. The zero-order valence-corrected chi connectivity index (χ0v) is 23.9. The van der Waals surface area contributed by atoms with Crippen LogP contribution in [0.2, 0.25) is 0 Å². The summed E-state index contributed by atoms with van der Waals surface area (Å²) in [6, 6.07) is 12.9. The highest BCUT2D eigenvalue weighted by atomic mass is 19.1. The van der Waals surface area contributed by atoms with Gasteiger partial charge in [-0.05, 0) is 73.1 Å². The van der Waals surface area contributed by atoms with Crippen LogP contribution >= 0.6 is 0 Å². The Morgan fingerprint density at radius 3 is 2.60 bits per heavy atom. The molecule has 0 unspecified atom stereocenters. The summed E-state index contributed by atoms with van der Waals surface area (Å²) < 4.78 is 14.6. The van der Waals surface area contributed by atoms with E-state index < -0.39 is 0 Å². The van der Waals surface area contributed by atoms with Crippen LogP contribution in [0.25, 0.3) is 55.7 Å². The molecule has 4 aromatic heterocycles. The van der Waals surface area contributed by atoms with Crippen LogP contribution in [0.5, 0.6) is 0 Å². The molecule has 42 heavy (non-hydrogen) atoms. The van der Waals surface area contributed by atoms with E-state index in [1.165, 1.54) is 6.07 Å². The zero-order valence-electron chi connectivity index (χ0n) is 23.9. The highest BCUT2D eigenvalue weighted by Crippen LogP contribution is 2.33. The molecule has 0 aliphatic rings. The number of nitrogens with one attached hydrogen (secondary N) is 3. The molecule has 6 aromatic rings.